The van der Waals surface area contributed by atoms with Gasteiger partial charge in [0.15, 0.2) is 0 Å². The molecule has 0 saturated heterocycles. The van der Waals surface area contributed by atoms with E-state index in [1.807, 2.05) is 0 Å². The van der Waals surface area contributed by atoms with Crippen LogP contribution < -0.4 is 4.90 Å². The van der Waals surface area contributed by atoms with Gasteiger partial charge in [-0.25, -0.2) is 0 Å². The van der Waals surface area contributed by atoms with Gasteiger partial charge in [0.1, 0.15) is 11.2 Å². The van der Waals surface area contributed by atoms with Gasteiger partial charge in [-0.3, -0.25) is 0 Å². The minimum atomic E-state index is 0.179. The van der Waals surface area contributed by atoms with Crippen LogP contribution in [0.25, 0.3) is 66.1 Å². The van der Waals surface area contributed by atoms with Crippen LogP contribution in [0.4, 0.5) is 17.1 Å². The second-order valence-electron chi connectivity index (χ2n) is 17.7. The Hall–Kier alpha value is -6.38. The Labute approximate surface area is 339 Å². The van der Waals surface area contributed by atoms with E-state index in [4.69, 9.17) is 4.42 Å². The molecule has 0 aliphatic heterocycles. The van der Waals surface area contributed by atoms with Crippen molar-refractivity contribution in [2.24, 2.45) is 23.7 Å². The summed E-state index contributed by atoms with van der Waals surface area (Å²) in [5.41, 5.74) is 16.5. The highest BCUT2D eigenvalue weighted by Gasteiger charge is 2.61. The van der Waals surface area contributed by atoms with Crippen LogP contribution in [0.2, 0.25) is 0 Å². The maximum Gasteiger partial charge on any atom is 0.137 e. The number of fused-ring (bicyclic) bond motifs is 7. The number of hydrogen-bond donors (Lipinski definition) is 0. The molecule has 2 heteroatoms. The first kappa shape index (κ1) is 32.7. The Kier molecular flexibility index (Phi) is 6.94. The minimum Gasteiger partial charge on any atom is -0.456 e. The molecule has 58 heavy (non-hydrogen) atoms. The molecule has 0 atom stereocenters. The van der Waals surface area contributed by atoms with Crippen molar-refractivity contribution in [3.8, 4) is 33.4 Å². The Morgan fingerprint density at radius 3 is 1.86 bits per heavy atom. The molecule has 4 fully saturated rings. The van der Waals surface area contributed by atoms with Crippen LogP contribution in [0.5, 0.6) is 0 Å². The maximum absolute atomic E-state index is 6.46. The summed E-state index contributed by atoms with van der Waals surface area (Å²) in [4.78, 5) is 2.44. The number of anilines is 3. The Balaban J connectivity index is 0.994. The van der Waals surface area contributed by atoms with Crippen LogP contribution >= 0.6 is 0 Å². The molecule has 1 spiro atoms. The molecule has 0 unspecified atom stereocenters. The molecule has 0 radical (unpaired) electrons. The number of nitrogens with zero attached hydrogens (tertiary/aromatic N) is 1. The van der Waals surface area contributed by atoms with Crippen LogP contribution in [0.3, 0.4) is 0 Å². The average molecular weight is 746 g/mol. The first-order chi connectivity index (χ1) is 28.7. The average Bonchev–Trinajstić information content (AvgIpc) is 3.80. The number of rotatable bonds is 5. The normalized spacial score (nSPS) is 22.6. The van der Waals surface area contributed by atoms with Crippen molar-refractivity contribution >= 4 is 49.8 Å². The van der Waals surface area contributed by atoms with Crippen LogP contribution in [-0.2, 0) is 5.41 Å². The van der Waals surface area contributed by atoms with E-state index in [2.05, 4.69) is 181 Å². The van der Waals surface area contributed by atoms with Crippen molar-refractivity contribution in [2.75, 3.05) is 4.90 Å². The van der Waals surface area contributed by atoms with E-state index in [9.17, 15) is 0 Å². The van der Waals surface area contributed by atoms with Crippen molar-refractivity contribution in [3.05, 3.63) is 187 Å². The lowest BCUT2D eigenvalue weighted by Crippen LogP contribution is -2.55. The maximum atomic E-state index is 6.46. The molecule has 4 saturated carbocycles. The van der Waals surface area contributed by atoms with E-state index in [-0.39, 0.29) is 5.41 Å². The quantitative estimate of drug-likeness (QED) is 0.174. The van der Waals surface area contributed by atoms with Gasteiger partial charge in [-0.2, -0.15) is 0 Å². The van der Waals surface area contributed by atoms with E-state index >= 15 is 0 Å². The molecular formula is C56H43NO. The molecule has 1 heterocycles. The standard InChI is InChI=1S/C56H43NO/c1-2-11-37(12-3-1)38-21-24-42(25-22-38)57(52-18-10-20-54-55(52)47-16-7-9-19-53(47)58-54)51-28-26-43(44-13-4-5-15-46(44)51)39-23-27-50-48(34-39)45-14-6-8-17-49(45)56(50)40-30-35-29-36(32-40)33-41(56)31-35/h1-28,34-36,40-41H,29-33H2. The Morgan fingerprint density at radius 1 is 0.414 bits per heavy atom. The lowest BCUT2D eigenvalue weighted by Gasteiger charge is -2.61. The topological polar surface area (TPSA) is 16.4 Å². The van der Waals surface area contributed by atoms with Crippen molar-refractivity contribution in [3.63, 3.8) is 0 Å². The van der Waals surface area contributed by atoms with E-state index < -0.39 is 0 Å². The highest BCUT2D eigenvalue weighted by atomic mass is 16.3. The van der Waals surface area contributed by atoms with Gasteiger partial charge in [-0.15, -0.1) is 0 Å². The second-order valence-corrected chi connectivity index (χ2v) is 17.7. The zero-order chi connectivity index (χ0) is 38.0. The van der Waals surface area contributed by atoms with E-state index in [1.54, 1.807) is 11.1 Å². The fraction of sp³-hybridized carbons (Fsp3) is 0.179. The third-order valence-electron chi connectivity index (χ3n) is 14.9. The number of hydrogen-bond acceptors (Lipinski definition) is 2. The fourth-order valence-corrected chi connectivity index (χ4v) is 12.8. The molecule has 2 nitrogen and oxygen atoms in total. The van der Waals surface area contributed by atoms with Crippen LogP contribution in [0, 0.1) is 23.7 Å². The van der Waals surface area contributed by atoms with Gasteiger partial charge in [0, 0.05) is 21.9 Å². The molecule has 9 aromatic rings. The van der Waals surface area contributed by atoms with Crippen molar-refractivity contribution in [1.29, 1.82) is 0 Å². The molecule has 8 aromatic carbocycles. The molecule has 278 valence electrons. The highest BCUT2D eigenvalue weighted by Crippen LogP contribution is 2.69. The Morgan fingerprint density at radius 2 is 1.05 bits per heavy atom. The molecule has 0 amide bonds. The predicted molar refractivity (Wildman–Crippen MR) is 240 cm³/mol. The molecular weight excluding hydrogens is 703 g/mol. The van der Waals surface area contributed by atoms with Gasteiger partial charge in [0.05, 0.1) is 16.8 Å². The third-order valence-corrected chi connectivity index (χ3v) is 14.9. The summed E-state index contributed by atoms with van der Waals surface area (Å²) in [6.45, 7) is 0. The molecule has 0 N–H and O–H groups in total. The van der Waals surface area contributed by atoms with Gasteiger partial charge in [-0.05, 0) is 148 Å². The molecule has 5 aliphatic carbocycles. The summed E-state index contributed by atoms with van der Waals surface area (Å²) >= 11 is 0. The van der Waals surface area contributed by atoms with Gasteiger partial charge < -0.3 is 9.32 Å². The van der Waals surface area contributed by atoms with Gasteiger partial charge >= 0.3 is 0 Å². The van der Waals surface area contributed by atoms with Crippen LogP contribution in [0.15, 0.2) is 180 Å². The molecule has 4 bridgehead atoms. The monoisotopic (exact) mass is 745 g/mol. The summed E-state index contributed by atoms with van der Waals surface area (Å²) in [6, 6.07) is 65.3. The predicted octanol–water partition coefficient (Wildman–Crippen LogP) is 15.3. The van der Waals surface area contributed by atoms with Crippen molar-refractivity contribution in [2.45, 2.75) is 37.5 Å². The number of furan rings is 1. The summed E-state index contributed by atoms with van der Waals surface area (Å²) in [7, 11) is 0. The largest absolute Gasteiger partial charge is 0.456 e. The SMILES string of the molecule is c1ccc(-c2ccc(N(c3ccc(-c4ccc5c(c4)-c4ccccc4C54C5CC6CC(C5)CC4C6)c4ccccc34)c3cccc4oc5ccccc5c34)cc2)cc1. The van der Waals surface area contributed by atoms with Gasteiger partial charge in [0.25, 0.3) is 0 Å². The Bertz CT molecular complexity index is 3050. The first-order valence-electron chi connectivity index (χ1n) is 21.3. The smallest absolute Gasteiger partial charge is 0.137 e. The third kappa shape index (κ3) is 4.55. The van der Waals surface area contributed by atoms with Crippen LogP contribution in [-0.4, -0.2) is 0 Å². The zero-order valence-corrected chi connectivity index (χ0v) is 32.4. The van der Waals surface area contributed by atoms with Crippen LogP contribution in [0.1, 0.15) is 43.2 Å². The summed E-state index contributed by atoms with van der Waals surface area (Å²) < 4.78 is 6.46. The lowest BCUT2D eigenvalue weighted by molar-refractivity contribution is -0.0399. The summed E-state index contributed by atoms with van der Waals surface area (Å²) in [6.07, 6.45) is 7.10. The lowest BCUT2D eigenvalue weighted by atomic mass is 9.43. The molecule has 5 aliphatic rings. The fourth-order valence-electron chi connectivity index (χ4n) is 12.8. The molecule has 1 aromatic heterocycles. The highest BCUT2D eigenvalue weighted by molar-refractivity contribution is 6.15. The number of para-hydroxylation sites is 1. The van der Waals surface area contributed by atoms with Gasteiger partial charge in [0.2, 0.25) is 0 Å². The summed E-state index contributed by atoms with van der Waals surface area (Å²) in [5.74, 6) is 3.41. The van der Waals surface area contributed by atoms with E-state index in [1.165, 1.54) is 76.3 Å². The second kappa shape index (κ2) is 12.3. The van der Waals surface area contributed by atoms with Gasteiger partial charge in [-0.1, -0.05) is 133 Å². The summed E-state index contributed by atoms with van der Waals surface area (Å²) in [5, 5.41) is 4.71. The van der Waals surface area contributed by atoms with Crippen molar-refractivity contribution < 1.29 is 4.42 Å². The van der Waals surface area contributed by atoms with Crippen molar-refractivity contribution in [1.82, 2.24) is 0 Å². The van der Waals surface area contributed by atoms with E-state index in [0.717, 1.165) is 62.7 Å². The minimum absolute atomic E-state index is 0.179. The molecule has 14 rings (SSSR count). The number of benzene rings is 8. The first-order valence-corrected chi connectivity index (χ1v) is 21.3. The zero-order valence-electron chi connectivity index (χ0n) is 32.4. The van der Waals surface area contributed by atoms with E-state index in [0.29, 0.717) is 0 Å².